The highest BCUT2D eigenvalue weighted by Gasteiger charge is 2.17. The van der Waals surface area contributed by atoms with E-state index in [1.54, 1.807) is 0 Å². The average Bonchev–Trinajstić information content (AvgIpc) is 2.93. The molecule has 0 amide bonds. The second-order valence-corrected chi connectivity index (χ2v) is 7.38. The molecule has 0 radical (unpaired) electrons. The summed E-state index contributed by atoms with van der Waals surface area (Å²) in [5.41, 5.74) is 11.3. The number of hydrogen-bond donors (Lipinski definition) is 3. The van der Waals surface area contributed by atoms with Crippen molar-refractivity contribution in [2.24, 2.45) is 0 Å². The van der Waals surface area contributed by atoms with Crippen molar-refractivity contribution in [3.8, 4) is 34.7 Å². The van der Waals surface area contributed by atoms with Gasteiger partial charge in [0.1, 0.15) is 11.6 Å². The molecule has 2 aromatic heterocycles. The molecule has 0 fully saturated rings. The number of carbonyl (C=O) groups is 2. The van der Waals surface area contributed by atoms with Gasteiger partial charge in [-0.05, 0) is 36.4 Å². The Morgan fingerprint density at radius 2 is 1.28 bits per heavy atom. The summed E-state index contributed by atoms with van der Waals surface area (Å²) < 4.78 is 31.0. The zero-order valence-corrected chi connectivity index (χ0v) is 19.9. The third kappa shape index (κ3) is 6.22. The molecule has 0 aliphatic rings. The Bertz CT molecular complexity index is 1680. The summed E-state index contributed by atoms with van der Waals surface area (Å²) >= 11 is 0. The van der Waals surface area contributed by atoms with E-state index < -0.39 is 29.3 Å². The van der Waals surface area contributed by atoms with E-state index in [0.29, 0.717) is 0 Å². The first-order chi connectivity index (χ1) is 18.6. The number of carboxylic acids is 1. The lowest BCUT2D eigenvalue weighted by Crippen LogP contribution is -2.10. The highest BCUT2D eigenvalue weighted by atomic mass is 19.1. The fraction of sp³-hybridized carbons (Fsp3) is 0.0400. The maximum Gasteiger partial charge on any atom is 0.360 e. The van der Waals surface area contributed by atoms with Crippen LogP contribution in [0.4, 0.5) is 20.4 Å². The van der Waals surface area contributed by atoms with E-state index in [9.17, 15) is 18.4 Å². The number of nitrogen functional groups attached to an aromatic ring is 2. The smallest absolute Gasteiger partial charge is 0.360 e. The summed E-state index contributed by atoms with van der Waals surface area (Å²) in [6.07, 6.45) is 2.45. The third-order valence-electron chi connectivity index (χ3n) is 4.94. The number of benzene rings is 2. The first kappa shape index (κ1) is 27.6. The van der Waals surface area contributed by atoms with Crippen LogP contribution in [0.1, 0.15) is 32.1 Å². The number of rotatable bonds is 4. The number of aromatic carboxylic acids is 1. The predicted octanol–water partition coefficient (Wildman–Crippen LogP) is 2.96. The topological polar surface area (TPSA) is 215 Å². The summed E-state index contributed by atoms with van der Waals surface area (Å²) in [5.74, 6) is -3.54. The molecule has 0 unspecified atom stereocenters. The molecule has 0 atom stereocenters. The summed E-state index contributed by atoms with van der Waals surface area (Å²) in [5, 5.41) is 26.9. The van der Waals surface area contributed by atoms with Gasteiger partial charge in [-0.3, -0.25) is 0 Å². The first-order valence-electron chi connectivity index (χ1n) is 10.6. The van der Waals surface area contributed by atoms with Gasteiger partial charge in [-0.25, -0.2) is 38.3 Å². The van der Waals surface area contributed by atoms with Crippen LogP contribution >= 0.6 is 0 Å². The fourth-order valence-electron chi connectivity index (χ4n) is 3.11. The van der Waals surface area contributed by atoms with Crippen LogP contribution in [-0.2, 0) is 4.74 Å². The van der Waals surface area contributed by atoms with Gasteiger partial charge >= 0.3 is 11.9 Å². The minimum Gasteiger partial charge on any atom is -0.476 e. The highest BCUT2D eigenvalue weighted by Crippen LogP contribution is 2.25. The van der Waals surface area contributed by atoms with Crippen molar-refractivity contribution in [1.29, 1.82) is 10.5 Å². The quantitative estimate of drug-likeness (QED) is 0.325. The lowest BCUT2D eigenvalue weighted by atomic mass is 10.1. The molecule has 2 aromatic carbocycles. The molecular weight excluding hydrogens is 514 g/mol. The number of halogens is 2. The zero-order chi connectivity index (χ0) is 28.7. The number of esters is 1. The Hall–Kier alpha value is -6.02. The van der Waals surface area contributed by atoms with Crippen molar-refractivity contribution in [2.75, 3.05) is 18.6 Å². The molecule has 5 N–H and O–H groups in total. The number of ether oxygens (including phenoxy) is 1. The Morgan fingerprint density at radius 1 is 0.846 bits per heavy atom. The van der Waals surface area contributed by atoms with Crippen molar-refractivity contribution >= 4 is 23.6 Å². The number of nitriles is 2. The van der Waals surface area contributed by atoms with Crippen LogP contribution in [-0.4, -0.2) is 44.1 Å². The van der Waals surface area contributed by atoms with Crippen LogP contribution in [0.15, 0.2) is 48.8 Å². The van der Waals surface area contributed by atoms with Gasteiger partial charge in [0, 0.05) is 11.1 Å². The molecule has 0 saturated carbocycles. The van der Waals surface area contributed by atoms with Crippen molar-refractivity contribution in [3.05, 3.63) is 82.9 Å². The molecule has 2 heterocycles. The van der Waals surface area contributed by atoms with Crippen LogP contribution < -0.4 is 11.5 Å². The van der Waals surface area contributed by atoms with Gasteiger partial charge in [-0.15, -0.1) is 0 Å². The summed E-state index contributed by atoms with van der Waals surface area (Å²) in [4.78, 5) is 37.7. The highest BCUT2D eigenvalue weighted by molar-refractivity contribution is 5.92. The van der Waals surface area contributed by atoms with E-state index in [0.717, 1.165) is 24.3 Å². The van der Waals surface area contributed by atoms with E-state index in [2.05, 4.69) is 24.7 Å². The molecule has 39 heavy (non-hydrogen) atoms. The van der Waals surface area contributed by atoms with Gasteiger partial charge in [0.15, 0.2) is 23.0 Å². The third-order valence-corrected chi connectivity index (χ3v) is 4.94. The molecule has 0 saturated heterocycles. The molecule has 0 aliphatic carbocycles. The monoisotopic (exact) mass is 530 g/mol. The van der Waals surface area contributed by atoms with Crippen LogP contribution in [0.3, 0.4) is 0 Å². The van der Waals surface area contributed by atoms with Gasteiger partial charge in [-0.2, -0.15) is 10.5 Å². The number of nitrogens with two attached hydrogens (primary N) is 2. The van der Waals surface area contributed by atoms with Crippen LogP contribution in [0, 0.1) is 34.3 Å². The number of aromatic nitrogens is 4. The molecule has 0 bridgehead atoms. The SMILES string of the molecule is COC(=O)c1nc(-c2cc(F)ccc2C#N)cnc1N.N#Cc1ccc(F)cc1-c1cnc(N)c(C(=O)O)n1. The molecular formula is C25H16F2N8O4. The van der Waals surface area contributed by atoms with Gasteiger partial charge in [0.05, 0.1) is 54.2 Å². The molecule has 12 nitrogen and oxygen atoms in total. The van der Waals surface area contributed by atoms with Crippen molar-refractivity contribution in [2.45, 2.75) is 0 Å². The Morgan fingerprint density at radius 3 is 1.69 bits per heavy atom. The standard InChI is InChI=1S/C13H9FN4O2.C12H7FN4O2/c1-20-13(19)11-12(16)17-6-10(18-11)9-4-8(14)3-2-7(9)5-15;13-7-2-1-6(4-14)8(3-7)9-5-16-11(15)10(17-9)12(18)19/h2-4,6H,1H3,(H2,16,17);1-3,5H,(H2,15,16)(H,18,19). The van der Waals surface area contributed by atoms with Gasteiger partial charge in [-0.1, -0.05) is 0 Å². The zero-order valence-electron chi connectivity index (χ0n) is 19.9. The maximum atomic E-state index is 13.3. The average molecular weight is 530 g/mol. The van der Waals surface area contributed by atoms with E-state index in [1.807, 2.05) is 12.1 Å². The summed E-state index contributed by atoms with van der Waals surface area (Å²) in [6.45, 7) is 0. The van der Waals surface area contributed by atoms with Crippen LogP contribution in [0.5, 0.6) is 0 Å². The minimum atomic E-state index is -1.35. The number of hydrogen-bond acceptors (Lipinski definition) is 11. The second-order valence-electron chi connectivity index (χ2n) is 7.38. The molecule has 14 heteroatoms. The summed E-state index contributed by atoms with van der Waals surface area (Å²) in [6, 6.07) is 10.9. The number of anilines is 2. The molecule has 0 spiro atoms. The van der Waals surface area contributed by atoms with Crippen LogP contribution in [0.25, 0.3) is 22.5 Å². The Balaban J connectivity index is 0.000000216. The van der Waals surface area contributed by atoms with Crippen LogP contribution in [0.2, 0.25) is 0 Å². The summed E-state index contributed by atoms with van der Waals surface area (Å²) in [7, 11) is 1.18. The molecule has 0 aliphatic heterocycles. The molecule has 194 valence electrons. The predicted molar refractivity (Wildman–Crippen MR) is 131 cm³/mol. The molecule has 4 aromatic rings. The first-order valence-corrected chi connectivity index (χ1v) is 10.6. The number of nitrogens with zero attached hydrogens (tertiary/aromatic N) is 6. The largest absolute Gasteiger partial charge is 0.476 e. The Labute approximate surface area is 218 Å². The van der Waals surface area contributed by atoms with Gasteiger partial charge < -0.3 is 21.3 Å². The van der Waals surface area contributed by atoms with Gasteiger partial charge in [0.25, 0.3) is 0 Å². The number of carbonyl (C=O) groups excluding carboxylic acids is 1. The van der Waals surface area contributed by atoms with Gasteiger partial charge in [0.2, 0.25) is 0 Å². The van der Waals surface area contributed by atoms with E-state index in [4.69, 9.17) is 27.1 Å². The van der Waals surface area contributed by atoms with Crippen molar-refractivity contribution < 1.29 is 28.2 Å². The fourth-order valence-corrected chi connectivity index (χ4v) is 3.11. The second kappa shape index (κ2) is 11.8. The normalized spacial score (nSPS) is 9.87. The van der Waals surface area contributed by atoms with E-state index in [1.165, 1.54) is 31.6 Å². The minimum absolute atomic E-state index is 0.0719. The van der Waals surface area contributed by atoms with E-state index >= 15 is 0 Å². The van der Waals surface area contributed by atoms with Crippen molar-refractivity contribution in [1.82, 2.24) is 19.9 Å². The number of carboxylic acid groups (broad SMARTS) is 1. The lowest BCUT2D eigenvalue weighted by molar-refractivity contribution is 0.0594. The maximum absolute atomic E-state index is 13.3. The number of methoxy groups -OCH3 is 1. The van der Waals surface area contributed by atoms with Crippen molar-refractivity contribution in [3.63, 3.8) is 0 Å². The lowest BCUT2D eigenvalue weighted by Gasteiger charge is -2.07. The molecule has 4 rings (SSSR count). The van der Waals surface area contributed by atoms with E-state index in [-0.39, 0.29) is 51.0 Å². The Kier molecular flexibility index (Phi) is 8.35.